The largest absolute Gasteiger partial charge is 0.465 e. The van der Waals surface area contributed by atoms with E-state index in [-0.39, 0.29) is 17.3 Å². The molecule has 0 saturated carbocycles. The van der Waals surface area contributed by atoms with Crippen molar-refractivity contribution in [3.8, 4) is 11.3 Å². The Labute approximate surface area is 158 Å². The van der Waals surface area contributed by atoms with Crippen LogP contribution in [0.3, 0.4) is 0 Å². The Morgan fingerprint density at radius 1 is 1.23 bits per heavy atom. The molecule has 0 spiro atoms. The highest BCUT2D eigenvalue weighted by Crippen LogP contribution is 2.38. The van der Waals surface area contributed by atoms with Gasteiger partial charge in [-0.2, -0.15) is 0 Å². The molecule has 0 aliphatic heterocycles. The molecule has 26 heavy (non-hydrogen) atoms. The van der Waals surface area contributed by atoms with Gasteiger partial charge in [0.05, 0.1) is 22.1 Å². The minimum atomic E-state index is -1.16. The summed E-state index contributed by atoms with van der Waals surface area (Å²) in [7, 11) is 1.41. The molecule has 1 amide bonds. The number of hydrogen-bond donors (Lipinski definition) is 1. The average Bonchev–Trinajstić information content (AvgIpc) is 2.97. The Morgan fingerprint density at radius 2 is 1.92 bits per heavy atom. The lowest BCUT2D eigenvalue weighted by molar-refractivity contribution is 0.101. The fraction of sp³-hybridized carbons (Fsp3) is 0.176. The Kier molecular flexibility index (Phi) is 4.60. The molecule has 0 bridgehead atoms. The SMILES string of the molecule is CC(=O)c1cn2c(-c3ccc(Cl)cc3Cl)c(N(C)C(=O)O)c(C)nc2n1. The highest BCUT2D eigenvalue weighted by atomic mass is 35.5. The Bertz CT molecular complexity index is 1060. The van der Waals surface area contributed by atoms with Crippen molar-refractivity contribution >= 4 is 46.5 Å². The van der Waals surface area contributed by atoms with E-state index in [0.717, 1.165) is 4.90 Å². The molecule has 0 aliphatic carbocycles. The molecule has 3 aromatic rings. The van der Waals surface area contributed by atoms with Crippen LogP contribution < -0.4 is 4.90 Å². The first-order valence-electron chi connectivity index (χ1n) is 7.53. The number of aromatic nitrogens is 3. The molecule has 9 heteroatoms. The van der Waals surface area contributed by atoms with E-state index in [1.165, 1.54) is 20.2 Å². The van der Waals surface area contributed by atoms with Gasteiger partial charge in [0.15, 0.2) is 5.78 Å². The summed E-state index contributed by atoms with van der Waals surface area (Å²) in [5, 5.41) is 10.3. The van der Waals surface area contributed by atoms with Crippen LogP contribution >= 0.6 is 23.2 Å². The van der Waals surface area contributed by atoms with Gasteiger partial charge in [0.25, 0.3) is 0 Å². The summed E-state index contributed by atoms with van der Waals surface area (Å²) in [6.45, 7) is 3.07. The fourth-order valence-electron chi connectivity index (χ4n) is 2.71. The van der Waals surface area contributed by atoms with Crippen LogP contribution in [0.15, 0.2) is 24.4 Å². The Hall–Kier alpha value is -2.64. The van der Waals surface area contributed by atoms with E-state index in [2.05, 4.69) is 9.97 Å². The number of carboxylic acid groups (broad SMARTS) is 1. The molecule has 0 atom stereocenters. The molecule has 3 rings (SSSR count). The lowest BCUT2D eigenvalue weighted by Gasteiger charge is -2.21. The number of halogens is 2. The number of carbonyl (C=O) groups excluding carboxylic acids is 1. The Morgan fingerprint density at radius 3 is 2.50 bits per heavy atom. The van der Waals surface area contributed by atoms with Gasteiger partial charge in [0.2, 0.25) is 5.78 Å². The Balaban J connectivity index is 2.47. The van der Waals surface area contributed by atoms with Crippen molar-refractivity contribution in [2.24, 2.45) is 0 Å². The van der Waals surface area contributed by atoms with Gasteiger partial charge in [0, 0.05) is 30.8 Å². The molecule has 0 aliphatic rings. The average molecular weight is 393 g/mol. The first kappa shape index (κ1) is 18.2. The van der Waals surface area contributed by atoms with Crippen LogP contribution in [0.4, 0.5) is 10.5 Å². The predicted molar refractivity (Wildman–Crippen MR) is 99.6 cm³/mol. The van der Waals surface area contributed by atoms with Crippen molar-refractivity contribution < 1.29 is 14.7 Å². The van der Waals surface area contributed by atoms with Crippen molar-refractivity contribution in [2.75, 3.05) is 11.9 Å². The van der Waals surface area contributed by atoms with E-state index in [0.29, 0.717) is 32.7 Å². The second-order valence-corrected chi connectivity index (χ2v) is 6.56. The van der Waals surface area contributed by atoms with Gasteiger partial charge in [-0.1, -0.05) is 23.2 Å². The first-order valence-corrected chi connectivity index (χ1v) is 8.29. The van der Waals surface area contributed by atoms with Crippen LogP contribution in [-0.4, -0.2) is 38.4 Å². The zero-order chi connectivity index (χ0) is 19.2. The predicted octanol–water partition coefficient (Wildman–Crippen LogP) is 4.33. The number of anilines is 1. The number of rotatable bonds is 3. The maximum Gasteiger partial charge on any atom is 0.411 e. The van der Waals surface area contributed by atoms with Crippen LogP contribution in [0.2, 0.25) is 10.0 Å². The minimum absolute atomic E-state index is 0.221. The normalized spacial score (nSPS) is 11.0. The summed E-state index contributed by atoms with van der Waals surface area (Å²) in [6.07, 6.45) is 0.358. The molecule has 1 N–H and O–H groups in total. The number of fused-ring (bicyclic) bond motifs is 1. The van der Waals surface area contributed by atoms with Crippen LogP contribution in [0.25, 0.3) is 17.0 Å². The molecular formula is C17H14Cl2N4O3. The van der Waals surface area contributed by atoms with Crippen molar-refractivity contribution in [1.82, 2.24) is 14.4 Å². The van der Waals surface area contributed by atoms with Gasteiger partial charge >= 0.3 is 6.09 Å². The molecule has 0 saturated heterocycles. The topological polar surface area (TPSA) is 87.8 Å². The zero-order valence-electron chi connectivity index (χ0n) is 14.1. The van der Waals surface area contributed by atoms with Crippen molar-refractivity contribution in [2.45, 2.75) is 13.8 Å². The van der Waals surface area contributed by atoms with Gasteiger partial charge in [-0.25, -0.2) is 14.8 Å². The maximum absolute atomic E-state index is 11.7. The summed E-state index contributed by atoms with van der Waals surface area (Å²) >= 11 is 12.4. The van der Waals surface area contributed by atoms with Crippen molar-refractivity contribution in [3.05, 3.63) is 45.8 Å². The molecule has 2 aromatic heterocycles. The van der Waals surface area contributed by atoms with Gasteiger partial charge in [0.1, 0.15) is 5.69 Å². The molecular weight excluding hydrogens is 379 g/mol. The molecule has 0 radical (unpaired) electrons. The van der Waals surface area contributed by atoms with Gasteiger partial charge in [-0.15, -0.1) is 0 Å². The molecule has 2 heterocycles. The smallest absolute Gasteiger partial charge is 0.411 e. The number of carbonyl (C=O) groups is 2. The molecule has 134 valence electrons. The third kappa shape index (κ3) is 3.00. The summed E-state index contributed by atoms with van der Waals surface area (Å²) in [4.78, 5) is 32.9. The zero-order valence-corrected chi connectivity index (χ0v) is 15.6. The number of amides is 1. The van der Waals surface area contributed by atoms with Crippen molar-refractivity contribution in [3.63, 3.8) is 0 Å². The van der Waals surface area contributed by atoms with Crippen molar-refractivity contribution in [1.29, 1.82) is 0 Å². The highest BCUT2D eigenvalue weighted by molar-refractivity contribution is 6.36. The molecule has 1 aromatic carbocycles. The molecule has 0 fully saturated rings. The quantitative estimate of drug-likeness (QED) is 0.670. The lowest BCUT2D eigenvalue weighted by atomic mass is 10.1. The van der Waals surface area contributed by atoms with E-state index in [1.54, 1.807) is 29.5 Å². The van der Waals surface area contributed by atoms with E-state index in [4.69, 9.17) is 23.2 Å². The number of Topliss-reactive ketones (excluding diaryl/α,β-unsaturated/α-hetero) is 1. The number of benzene rings is 1. The van der Waals surface area contributed by atoms with E-state index in [1.807, 2.05) is 0 Å². The van der Waals surface area contributed by atoms with E-state index >= 15 is 0 Å². The third-order valence-corrected chi connectivity index (χ3v) is 4.48. The van der Waals surface area contributed by atoms with Crippen LogP contribution in [0, 0.1) is 6.92 Å². The monoisotopic (exact) mass is 392 g/mol. The number of aryl methyl sites for hydroxylation is 1. The summed E-state index contributed by atoms with van der Waals surface area (Å²) in [5.41, 5.74) is 1.99. The van der Waals surface area contributed by atoms with E-state index < -0.39 is 6.09 Å². The van der Waals surface area contributed by atoms with Gasteiger partial charge in [-0.05, 0) is 25.1 Å². The second-order valence-electron chi connectivity index (χ2n) is 5.71. The van der Waals surface area contributed by atoms with E-state index in [9.17, 15) is 14.7 Å². The van der Waals surface area contributed by atoms with Gasteiger partial charge in [-0.3, -0.25) is 14.1 Å². The summed E-state index contributed by atoms with van der Waals surface area (Å²) < 4.78 is 1.56. The standard InChI is InChI=1S/C17H14Cl2N4O3/c1-8-14(22(3)17(25)26)15(11-5-4-10(18)6-12(11)19)23-7-13(9(2)24)21-16(23)20-8/h4-7H,1-3H3,(H,25,26). The molecule has 0 unspecified atom stereocenters. The highest BCUT2D eigenvalue weighted by Gasteiger charge is 2.24. The van der Waals surface area contributed by atoms with Crippen LogP contribution in [-0.2, 0) is 0 Å². The lowest BCUT2D eigenvalue weighted by Crippen LogP contribution is -2.26. The molecule has 7 nitrogen and oxygen atoms in total. The maximum atomic E-state index is 11.7. The first-order chi connectivity index (χ1) is 12.2. The second kappa shape index (κ2) is 6.59. The van der Waals surface area contributed by atoms with Crippen LogP contribution in [0.5, 0.6) is 0 Å². The third-order valence-electron chi connectivity index (χ3n) is 3.93. The number of hydrogen-bond acceptors (Lipinski definition) is 4. The number of imidazole rings is 1. The van der Waals surface area contributed by atoms with Gasteiger partial charge < -0.3 is 5.11 Å². The minimum Gasteiger partial charge on any atom is -0.465 e. The number of nitrogens with zero attached hydrogens (tertiary/aromatic N) is 4. The summed E-state index contributed by atoms with van der Waals surface area (Å²) in [6, 6.07) is 4.90. The fourth-order valence-corrected chi connectivity index (χ4v) is 3.21. The summed E-state index contributed by atoms with van der Waals surface area (Å²) in [5.74, 6) is 0.0469. The number of ketones is 1. The van der Waals surface area contributed by atoms with Crippen LogP contribution in [0.1, 0.15) is 23.1 Å².